The molecule has 0 radical (unpaired) electrons. The molecule has 0 heterocycles. The van der Waals surface area contributed by atoms with Crippen LogP contribution in [-0.2, 0) is 9.53 Å². The zero-order valence-corrected chi connectivity index (χ0v) is 13.2. The van der Waals surface area contributed by atoms with Crippen molar-refractivity contribution in [1.82, 2.24) is 0 Å². The zero-order valence-electron chi connectivity index (χ0n) is 13.2. The van der Waals surface area contributed by atoms with Crippen molar-refractivity contribution in [2.24, 2.45) is 4.99 Å². The molecule has 0 saturated heterocycles. The number of hydrogen-bond acceptors (Lipinski definition) is 4. The van der Waals surface area contributed by atoms with Crippen LogP contribution in [0, 0.1) is 6.92 Å². The van der Waals surface area contributed by atoms with E-state index in [1.54, 1.807) is 26.3 Å². The summed E-state index contributed by atoms with van der Waals surface area (Å²) < 4.78 is 10.1. The molecule has 0 aliphatic heterocycles. The van der Waals surface area contributed by atoms with Crippen LogP contribution in [0.25, 0.3) is 5.57 Å². The number of aryl methyl sites for hydroxylation is 1. The number of allylic oxidation sites excluding steroid dienone is 3. The average molecular weight is 299 g/mol. The van der Waals surface area contributed by atoms with E-state index >= 15 is 0 Å². The molecule has 22 heavy (non-hydrogen) atoms. The van der Waals surface area contributed by atoms with E-state index in [2.05, 4.69) is 11.6 Å². The molecule has 1 aromatic rings. The molecule has 0 unspecified atom stereocenters. The summed E-state index contributed by atoms with van der Waals surface area (Å²) in [7, 11) is 1.64. The lowest BCUT2D eigenvalue weighted by Gasteiger charge is -2.09. The van der Waals surface area contributed by atoms with E-state index in [1.165, 1.54) is 12.3 Å². The van der Waals surface area contributed by atoms with Crippen molar-refractivity contribution in [3.05, 3.63) is 60.3 Å². The van der Waals surface area contributed by atoms with Gasteiger partial charge < -0.3 is 9.47 Å². The Kier molecular flexibility index (Phi) is 7.40. The van der Waals surface area contributed by atoms with E-state index in [0.717, 1.165) is 22.4 Å². The normalized spacial score (nSPS) is 11.4. The molecule has 0 atom stereocenters. The second kappa shape index (κ2) is 9.34. The fourth-order valence-electron chi connectivity index (χ4n) is 1.71. The van der Waals surface area contributed by atoms with Gasteiger partial charge in [-0.1, -0.05) is 24.8 Å². The molecule has 0 aliphatic carbocycles. The highest BCUT2D eigenvalue weighted by Gasteiger charge is 2.04. The van der Waals surface area contributed by atoms with Gasteiger partial charge in [-0.3, -0.25) is 4.99 Å². The van der Waals surface area contributed by atoms with Crippen LogP contribution in [0.3, 0.4) is 0 Å². The molecular formula is C18H21NO3. The van der Waals surface area contributed by atoms with Crippen LogP contribution in [0.4, 0.5) is 0 Å². The molecule has 0 aromatic heterocycles. The van der Waals surface area contributed by atoms with E-state index in [9.17, 15) is 4.79 Å². The van der Waals surface area contributed by atoms with Crippen LogP contribution >= 0.6 is 0 Å². The highest BCUT2D eigenvalue weighted by molar-refractivity contribution is 5.84. The van der Waals surface area contributed by atoms with Crippen LogP contribution in [0.1, 0.15) is 18.1 Å². The molecule has 0 spiro atoms. The highest BCUT2D eigenvalue weighted by atomic mass is 16.5. The van der Waals surface area contributed by atoms with Gasteiger partial charge in [0.15, 0.2) is 0 Å². The van der Waals surface area contributed by atoms with Crippen LogP contribution < -0.4 is 4.74 Å². The van der Waals surface area contributed by atoms with E-state index in [-0.39, 0.29) is 0 Å². The first-order chi connectivity index (χ1) is 10.6. The lowest BCUT2D eigenvalue weighted by atomic mass is 10.0. The predicted molar refractivity (Wildman–Crippen MR) is 90.2 cm³/mol. The van der Waals surface area contributed by atoms with Crippen LogP contribution in [0.2, 0.25) is 0 Å². The van der Waals surface area contributed by atoms with Crippen molar-refractivity contribution >= 4 is 17.8 Å². The Balaban J connectivity index is 2.63. The maximum absolute atomic E-state index is 11.0. The second-order valence-corrected chi connectivity index (χ2v) is 4.45. The Morgan fingerprint density at radius 2 is 2.14 bits per heavy atom. The van der Waals surface area contributed by atoms with Gasteiger partial charge in [0.25, 0.3) is 0 Å². The minimum Gasteiger partial charge on any atom is -0.496 e. The SMILES string of the molecule is C=C(\C=C/C=N/C=C/C(=O)OCC)c1ccc(C)cc1OC. The van der Waals surface area contributed by atoms with Gasteiger partial charge in [-0.25, -0.2) is 4.79 Å². The molecule has 116 valence electrons. The molecule has 0 fully saturated rings. The first-order valence-electron chi connectivity index (χ1n) is 6.95. The Morgan fingerprint density at radius 3 is 2.82 bits per heavy atom. The number of carbonyl (C=O) groups excluding carboxylic acids is 1. The van der Waals surface area contributed by atoms with Crippen LogP contribution in [-0.4, -0.2) is 25.9 Å². The summed E-state index contributed by atoms with van der Waals surface area (Å²) in [5, 5.41) is 0. The number of hydrogen-bond donors (Lipinski definition) is 0. The summed E-state index contributed by atoms with van der Waals surface area (Å²) in [6.45, 7) is 8.13. The molecular weight excluding hydrogens is 278 g/mol. The first kappa shape index (κ1) is 17.4. The summed E-state index contributed by atoms with van der Waals surface area (Å²) in [5.74, 6) is 0.381. The van der Waals surface area contributed by atoms with Gasteiger partial charge in [-0.05, 0) is 37.1 Å². The van der Waals surface area contributed by atoms with Gasteiger partial charge in [-0.2, -0.15) is 0 Å². The number of esters is 1. The Hall–Kier alpha value is -2.62. The smallest absolute Gasteiger partial charge is 0.332 e. The summed E-state index contributed by atoms with van der Waals surface area (Å²) in [6.07, 6.45) is 7.80. The van der Waals surface area contributed by atoms with Gasteiger partial charge in [-0.15, -0.1) is 0 Å². The topological polar surface area (TPSA) is 47.9 Å². The van der Waals surface area contributed by atoms with Crippen LogP contribution in [0.15, 0.2) is 54.2 Å². The Bertz CT molecular complexity index is 613. The Labute approximate surface area is 131 Å². The maximum Gasteiger partial charge on any atom is 0.332 e. The van der Waals surface area contributed by atoms with Crippen molar-refractivity contribution in [2.75, 3.05) is 13.7 Å². The molecule has 0 amide bonds. The van der Waals surface area contributed by atoms with Crippen molar-refractivity contribution in [2.45, 2.75) is 13.8 Å². The minimum absolute atomic E-state index is 0.352. The fourth-order valence-corrected chi connectivity index (χ4v) is 1.71. The van der Waals surface area contributed by atoms with Crippen molar-refractivity contribution in [3.8, 4) is 5.75 Å². The number of benzene rings is 1. The van der Waals surface area contributed by atoms with Crippen molar-refractivity contribution in [1.29, 1.82) is 0 Å². The van der Waals surface area contributed by atoms with Crippen molar-refractivity contribution in [3.63, 3.8) is 0 Å². The number of ether oxygens (including phenoxy) is 2. The molecule has 1 rings (SSSR count). The number of aliphatic imine (C=N–C) groups is 1. The third-order valence-electron chi connectivity index (χ3n) is 2.76. The monoisotopic (exact) mass is 299 g/mol. The zero-order chi connectivity index (χ0) is 16.4. The molecule has 1 aromatic carbocycles. The maximum atomic E-state index is 11.0. The van der Waals surface area contributed by atoms with Gasteiger partial charge in [0.2, 0.25) is 0 Å². The van der Waals surface area contributed by atoms with Crippen molar-refractivity contribution < 1.29 is 14.3 Å². The highest BCUT2D eigenvalue weighted by Crippen LogP contribution is 2.26. The molecule has 0 bridgehead atoms. The van der Waals surface area contributed by atoms with Gasteiger partial charge >= 0.3 is 5.97 Å². The molecule has 4 heteroatoms. The largest absolute Gasteiger partial charge is 0.496 e. The summed E-state index contributed by atoms with van der Waals surface area (Å²) in [5.41, 5.74) is 2.88. The second-order valence-electron chi connectivity index (χ2n) is 4.45. The van der Waals surface area contributed by atoms with Gasteiger partial charge in [0, 0.05) is 24.1 Å². The van der Waals surface area contributed by atoms with E-state index in [4.69, 9.17) is 9.47 Å². The molecule has 0 aliphatic rings. The third-order valence-corrected chi connectivity index (χ3v) is 2.76. The number of methoxy groups -OCH3 is 1. The molecule has 4 nitrogen and oxygen atoms in total. The summed E-state index contributed by atoms with van der Waals surface area (Å²) in [4.78, 5) is 15.0. The number of rotatable bonds is 7. The fraction of sp³-hybridized carbons (Fsp3) is 0.222. The quantitative estimate of drug-likeness (QED) is 0.334. The van der Waals surface area contributed by atoms with E-state index in [1.807, 2.05) is 31.2 Å². The van der Waals surface area contributed by atoms with Gasteiger partial charge in [0.05, 0.1) is 13.7 Å². The standard InChI is InChI=1S/C18H21NO3/c1-5-22-18(20)10-12-19-11-6-7-15(3)16-9-8-14(2)13-17(16)21-4/h6-13H,3,5H2,1-2,4H3/b7-6-,12-10+,19-11+. The third kappa shape index (κ3) is 5.79. The number of carbonyl (C=O) groups is 1. The number of nitrogens with zero attached hydrogens (tertiary/aromatic N) is 1. The molecule has 0 N–H and O–H groups in total. The lowest BCUT2D eigenvalue weighted by Crippen LogP contribution is -1.98. The van der Waals surface area contributed by atoms with E-state index in [0.29, 0.717) is 6.61 Å². The summed E-state index contributed by atoms with van der Waals surface area (Å²) in [6, 6.07) is 5.94. The summed E-state index contributed by atoms with van der Waals surface area (Å²) >= 11 is 0. The van der Waals surface area contributed by atoms with Gasteiger partial charge in [0.1, 0.15) is 5.75 Å². The minimum atomic E-state index is -0.405. The molecule has 0 saturated carbocycles. The Morgan fingerprint density at radius 1 is 1.36 bits per heavy atom. The predicted octanol–water partition coefficient (Wildman–Crippen LogP) is 3.72. The average Bonchev–Trinajstić information content (AvgIpc) is 2.50. The van der Waals surface area contributed by atoms with E-state index < -0.39 is 5.97 Å². The first-order valence-corrected chi connectivity index (χ1v) is 6.95. The van der Waals surface area contributed by atoms with Crippen LogP contribution in [0.5, 0.6) is 5.75 Å². The lowest BCUT2D eigenvalue weighted by molar-refractivity contribution is -0.137.